The van der Waals surface area contributed by atoms with Crippen LogP contribution in [0.3, 0.4) is 0 Å². The zero-order valence-corrected chi connectivity index (χ0v) is 15.7. The van der Waals surface area contributed by atoms with Crippen LogP contribution in [0.2, 0.25) is 0 Å². The molecule has 2 amide bonds. The molecule has 0 unspecified atom stereocenters. The van der Waals surface area contributed by atoms with Crippen molar-refractivity contribution in [1.82, 2.24) is 10.5 Å². The first kappa shape index (κ1) is 20.2. The summed E-state index contributed by atoms with van der Waals surface area (Å²) >= 11 is 0. The van der Waals surface area contributed by atoms with E-state index < -0.39 is 23.8 Å². The minimum atomic E-state index is -0.905. The van der Waals surface area contributed by atoms with Gasteiger partial charge in [0.05, 0.1) is 18.6 Å². The van der Waals surface area contributed by atoms with Crippen molar-refractivity contribution < 1.29 is 23.6 Å². The van der Waals surface area contributed by atoms with Gasteiger partial charge in [-0.3, -0.25) is 19.7 Å². The van der Waals surface area contributed by atoms with Gasteiger partial charge in [-0.15, -0.1) is 0 Å². The van der Waals surface area contributed by atoms with Crippen LogP contribution < -0.4 is 10.6 Å². The molecule has 0 saturated carbocycles. The maximum atomic E-state index is 12.3. The first-order valence-corrected chi connectivity index (χ1v) is 8.56. The van der Waals surface area contributed by atoms with E-state index in [1.165, 1.54) is 6.07 Å². The van der Waals surface area contributed by atoms with E-state index >= 15 is 0 Å². The summed E-state index contributed by atoms with van der Waals surface area (Å²) in [5, 5.41) is 8.52. The molecule has 8 heteroatoms. The molecule has 1 heterocycles. The molecular formula is C19H23N3O5. The third-order valence-electron chi connectivity index (χ3n) is 3.60. The molecule has 0 saturated heterocycles. The summed E-state index contributed by atoms with van der Waals surface area (Å²) in [4.78, 5) is 36.4. The zero-order chi connectivity index (χ0) is 20.0. The second-order valence-electron chi connectivity index (χ2n) is 6.46. The molecule has 8 nitrogen and oxygen atoms in total. The van der Waals surface area contributed by atoms with Crippen molar-refractivity contribution in [3.05, 3.63) is 47.2 Å². The van der Waals surface area contributed by atoms with Crippen LogP contribution in [-0.2, 0) is 19.1 Å². The predicted molar refractivity (Wildman–Crippen MR) is 97.8 cm³/mol. The molecule has 1 aromatic carbocycles. The number of hydrogen-bond donors (Lipinski definition) is 2. The Morgan fingerprint density at radius 2 is 1.78 bits per heavy atom. The summed E-state index contributed by atoms with van der Waals surface area (Å²) in [5.74, 6) is -1.63. The molecule has 0 aliphatic carbocycles. The first-order valence-electron chi connectivity index (χ1n) is 8.56. The number of nitrogens with zero attached hydrogens (tertiary/aromatic N) is 1. The molecule has 0 aliphatic heterocycles. The van der Waals surface area contributed by atoms with Gasteiger partial charge in [0.25, 0.3) is 0 Å². The minimum absolute atomic E-state index is 0.0939. The summed E-state index contributed by atoms with van der Waals surface area (Å²) in [7, 11) is 0. The van der Waals surface area contributed by atoms with Gasteiger partial charge >= 0.3 is 17.8 Å². The lowest BCUT2D eigenvalue weighted by Gasteiger charge is -2.19. The molecule has 1 atom stereocenters. The van der Waals surface area contributed by atoms with Crippen LogP contribution in [0.1, 0.15) is 43.2 Å². The van der Waals surface area contributed by atoms with Gasteiger partial charge in [0.15, 0.2) is 5.82 Å². The van der Waals surface area contributed by atoms with Crippen LogP contribution in [0.15, 0.2) is 34.9 Å². The fourth-order valence-corrected chi connectivity index (χ4v) is 2.35. The van der Waals surface area contributed by atoms with Gasteiger partial charge < -0.3 is 14.6 Å². The van der Waals surface area contributed by atoms with E-state index in [1.54, 1.807) is 32.9 Å². The zero-order valence-electron chi connectivity index (χ0n) is 15.7. The monoisotopic (exact) mass is 373 g/mol. The number of carbonyl (C=O) groups excluding carboxylic acids is 3. The highest BCUT2D eigenvalue weighted by Crippen LogP contribution is 2.19. The minimum Gasteiger partial charge on any atom is -0.463 e. The Labute approximate surface area is 157 Å². The summed E-state index contributed by atoms with van der Waals surface area (Å²) < 4.78 is 9.99. The van der Waals surface area contributed by atoms with E-state index in [1.807, 2.05) is 19.1 Å². The van der Waals surface area contributed by atoms with Crippen molar-refractivity contribution in [2.24, 2.45) is 0 Å². The Morgan fingerprint density at radius 3 is 2.33 bits per heavy atom. The third kappa shape index (κ3) is 6.25. The van der Waals surface area contributed by atoms with E-state index in [9.17, 15) is 14.4 Å². The van der Waals surface area contributed by atoms with Gasteiger partial charge in [0.2, 0.25) is 0 Å². The predicted octanol–water partition coefficient (Wildman–Crippen LogP) is 2.43. The van der Waals surface area contributed by atoms with Gasteiger partial charge in [-0.25, -0.2) is 0 Å². The molecule has 0 radical (unpaired) electrons. The fraction of sp³-hybridized carbons (Fsp3) is 0.368. The van der Waals surface area contributed by atoms with E-state index in [4.69, 9.17) is 9.26 Å². The molecule has 0 fully saturated rings. The molecule has 0 aliphatic rings. The topological polar surface area (TPSA) is 111 Å². The number of rotatable bonds is 6. The van der Waals surface area contributed by atoms with Gasteiger partial charge in [0, 0.05) is 6.07 Å². The van der Waals surface area contributed by atoms with Crippen molar-refractivity contribution in [3.8, 4) is 0 Å². The maximum absolute atomic E-state index is 12.3. The summed E-state index contributed by atoms with van der Waals surface area (Å²) in [6, 6.07) is 8.10. The molecule has 2 rings (SSSR count). The first-order chi connectivity index (χ1) is 12.7. The highest BCUT2D eigenvalue weighted by Gasteiger charge is 2.24. The van der Waals surface area contributed by atoms with Gasteiger partial charge in [-0.05, 0) is 33.3 Å². The fourth-order valence-electron chi connectivity index (χ4n) is 2.35. The highest BCUT2D eigenvalue weighted by atomic mass is 16.5. The van der Waals surface area contributed by atoms with Crippen LogP contribution in [0, 0.1) is 13.8 Å². The second-order valence-corrected chi connectivity index (χ2v) is 6.46. The lowest BCUT2D eigenvalue weighted by molar-refractivity contribution is -0.148. The number of aromatic nitrogens is 1. The molecule has 27 heavy (non-hydrogen) atoms. The molecular weight excluding hydrogens is 350 g/mol. The van der Waals surface area contributed by atoms with Crippen molar-refractivity contribution in [3.63, 3.8) is 0 Å². The third-order valence-corrected chi connectivity index (χ3v) is 3.60. The lowest BCUT2D eigenvalue weighted by atomic mass is 10.0. The molecule has 1 aromatic heterocycles. The van der Waals surface area contributed by atoms with Crippen molar-refractivity contribution in [2.45, 2.75) is 46.3 Å². The number of nitrogens with one attached hydrogen (secondary N) is 2. The van der Waals surface area contributed by atoms with Crippen LogP contribution in [-0.4, -0.2) is 29.0 Å². The van der Waals surface area contributed by atoms with Gasteiger partial charge in [0.1, 0.15) is 5.76 Å². The normalized spacial score (nSPS) is 11.7. The number of carbonyl (C=O) groups is 3. The largest absolute Gasteiger partial charge is 0.463 e. The number of benzene rings is 1. The smallest absolute Gasteiger partial charge is 0.314 e. The Morgan fingerprint density at radius 1 is 1.11 bits per heavy atom. The Balaban J connectivity index is 2.09. The number of esters is 1. The van der Waals surface area contributed by atoms with Crippen LogP contribution in [0.4, 0.5) is 5.82 Å². The quantitative estimate of drug-likeness (QED) is 0.594. The Bertz CT molecular complexity index is 811. The Kier molecular flexibility index (Phi) is 6.70. The van der Waals surface area contributed by atoms with Crippen LogP contribution in [0.25, 0.3) is 0 Å². The number of hydrogen-bond acceptors (Lipinski definition) is 6. The molecule has 2 aromatic rings. The Hall–Kier alpha value is -3.16. The van der Waals surface area contributed by atoms with Gasteiger partial charge in [-0.2, -0.15) is 0 Å². The molecule has 0 spiro atoms. The lowest BCUT2D eigenvalue weighted by Crippen LogP contribution is -2.39. The number of ether oxygens (including phenoxy) is 1. The van der Waals surface area contributed by atoms with E-state index in [0.717, 1.165) is 5.56 Å². The SMILES string of the molecule is Cc1ccc([C@H](CC(=O)OC(C)C)NC(=O)C(=O)Nc2cc(C)on2)cc1. The summed E-state index contributed by atoms with van der Waals surface area (Å²) in [6.07, 6.45) is -0.367. The average Bonchev–Trinajstić information content (AvgIpc) is 2.99. The molecule has 0 bridgehead atoms. The average molecular weight is 373 g/mol. The van der Waals surface area contributed by atoms with Crippen molar-refractivity contribution in [1.29, 1.82) is 0 Å². The van der Waals surface area contributed by atoms with Crippen molar-refractivity contribution >= 4 is 23.6 Å². The molecule has 2 N–H and O–H groups in total. The van der Waals surface area contributed by atoms with Crippen molar-refractivity contribution in [2.75, 3.05) is 5.32 Å². The maximum Gasteiger partial charge on any atom is 0.314 e. The number of amides is 2. The van der Waals surface area contributed by atoms with Crippen LogP contribution in [0.5, 0.6) is 0 Å². The number of anilines is 1. The van der Waals surface area contributed by atoms with E-state index in [-0.39, 0.29) is 18.3 Å². The second kappa shape index (κ2) is 8.98. The standard InChI is InChI=1S/C19H23N3O5/c1-11(2)26-17(23)10-15(14-7-5-12(3)6-8-14)20-18(24)19(25)21-16-9-13(4)27-22-16/h5-9,11,15H,10H2,1-4H3,(H,20,24)(H,21,22,25)/t15-/m0/s1. The molecule has 144 valence electrons. The summed E-state index contributed by atoms with van der Waals surface area (Å²) in [6.45, 7) is 7.07. The number of aryl methyl sites for hydroxylation is 2. The summed E-state index contributed by atoms with van der Waals surface area (Å²) in [5.41, 5.74) is 1.73. The van der Waals surface area contributed by atoms with Gasteiger partial charge in [-0.1, -0.05) is 35.0 Å². The van der Waals surface area contributed by atoms with E-state index in [2.05, 4.69) is 15.8 Å². The van der Waals surface area contributed by atoms with E-state index in [0.29, 0.717) is 11.3 Å². The van der Waals surface area contributed by atoms with Crippen LogP contribution >= 0.6 is 0 Å². The highest BCUT2D eigenvalue weighted by molar-refractivity contribution is 6.39.